The van der Waals surface area contributed by atoms with E-state index in [1.807, 2.05) is 18.2 Å². The predicted octanol–water partition coefficient (Wildman–Crippen LogP) is 10.3. The summed E-state index contributed by atoms with van der Waals surface area (Å²) >= 11 is 0. The Morgan fingerprint density at radius 3 is 1.42 bits per heavy atom. The summed E-state index contributed by atoms with van der Waals surface area (Å²) < 4.78 is 23.5. The Morgan fingerprint density at radius 2 is 0.981 bits per heavy atom. The number of ether oxygens (including phenoxy) is 4. The molecular formula is C45H30N2O6. The minimum atomic E-state index is -0.498. The number of esters is 2. The van der Waals surface area contributed by atoms with E-state index in [9.17, 15) is 9.59 Å². The number of rotatable bonds is 8. The third kappa shape index (κ3) is 6.70. The molecule has 0 saturated heterocycles. The van der Waals surface area contributed by atoms with Gasteiger partial charge in [0.05, 0.1) is 29.3 Å². The van der Waals surface area contributed by atoms with Crippen LogP contribution in [0.15, 0.2) is 133 Å². The molecule has 0 fully saturated rings. The van der Waals surface area contributed by atoms with Gasteiger partial charge in [-0.2, -0.15) is 5.26 Å². The van der Waals surface area contributed by atoms with Gasteiger partial charge in [-0.3, -0.25) is 0 Å². The van der Waals surface area contributed by atoms with Crippen molar-refractivity contribution >= 4 is 17.6 Å². The predicted molar refractivity (Wildman–Crippen MR) is 197 cm³/mol. The van der Waals surface area contributed by atoms with E-state index < -0.39 is 11.9 Å². The van der Waals surface area contributed by atoms with Crippen molar-refractivity contribution in [1.82, 2.24) is 0 Å². The highest BCUT2D eigenvalue weighted by Crippen LogP contribution is 2.54. The number of hydrogen-bond acceptors (Lipinski definition) is 7. The first-order valence-corrected chi connectivity index (χ1v) is 17.1. The molecule has 0 radical (unpaired) electrons. The number of benzene rings is 6. The Labute approximate surface area is 306 Å². The van der Waals surface area contributed by atoms with Crippen LogP contribution in [-0.4, -0.2) is 11.9 Å². The number of nitriles is 1. The number of fused-ring (bicyclic) bond motifs is 4. The zero-order chi connectivity index (χ0) is 36.4. The molecule has 0 aliphatic heterocycles. The fourth-order valence-corrected chi connectivity index (χ4v) is 7.18. The smallest absolute Gasteiger partial charge is 0.343 e. The lowest BCUT2D eigenvalue weighted by Crippen LogP contribution is -2.21. The Balaban J connectivity index is 0.950. The Morgan fingerprint density at radius 1 is 0.566 bits per heavy atom. The molecule has 53 heavy (non-hydrogen) atoms. The normalized spacial score (nSPS) is 15.1. The summed E-state index contributed by atoms with van der Waals surface area (Å²) in [6.45, 7) is 7.07. The SMILES string of the molecule is [C-]#[N+]c1ccc(OC(=O)c2ccc(Oc3ccc4c(c3)C3(CCc5ccc(Oc6ccc(C(=O)Oc7ccc(C#N)cc7)cc6)cc53)CC4)cc2)cc1. The maximum atomic E-state index is 12.7. The highest BCUT2D eigenvalue weighted by molar-refractivity contribution is 5.91. The van der Waals surface area contributed by atoms with Crippen LogP contribution in [0.25, 0.3) is 4.85 Å². The third-order valence-corrected chi connectivity index (χ3v) is 9.86. The van der Waals surface area contributed by atoms with Gasteiger partial charge in [0.15, 0.2) is 5.69 Å². The first-order chi connectivity index (χ1) is 25.9. The van der Waals surface area contributed by atoms with Crippen LogP contribution in [0.1, 0.15) is 61.4 Å². The summed E-state index contributed by atoms with van der Waals surface area (Å²) in [5, 5.41) is 8.98. The molecule has 0 N–H and O–H groups in total. The highest BCUT2D eigenvalue weighted by Gasteiger charge is 2.45. The van der Waals surface area contributed by atoms with E-state index in [-0.39, 0.29) is 5.41 Å². The minimum Gasteiger partial charge on any atom is -0.457 e. The first-order valence-electron chi connectivity index (χ1n) is 17.1. The summed E-state index contributed by atoms with van der Waals surface area (Å²) in [6, 6.07) is 41.1. The molecule has 1 spiro atoms. The van der Waals surface area contributed by atoms with E-state index in [0.29, 0.717) is 45.4 Å². The molecule has 6 aromatic carbocycles. The second-order valence-corrected chi connectivity index (χ2v) is 13.0. The van der Waals surface area contributed by atoms with E-state index >= 15 is 0 Å². The van der Waals surface area contributed by atoms with Gasteiger partial charge in [-0.25, -0.2) is 14.4 Å². The lowest BCUT2D eigenvalue weighted by molar-refractivity contribution is 0.0725. The van der Waals surface area contributed by atoms with E-state index in [0.717, 1.165) is 37.2 Å². The topological polar surface area (TPSA) is 99.2 Å². The monoisotopic (exact) mass is 694 g/mol. The van der Waals surface area contributed by atoms with Crippen molar-refractivity contribution in [2.45, 2.75) is 31.1 Å². The van der Waals surface area contributed by atoms with Crippen LogP contribution in [0, 0.1) is 17.9 Å². The number of carbonyl (C=O) groups is 2. The summed E-state index contributed by atoms with van der Waals surface area (Å²) in [6.07, 6.45) is 3.93. The van der Waals surface area contributed by atoms with Crippen LogP contribution >= 0.6 is 0 Å². The quantitative estimate of drug-likeness (QED) is 0.0888. The summed E-state index contributed by atoms with van der Waals surface area (Å²) in [5.74, 6) is 2.39. The summed E-state index contributed by atoms with van der Waals surface area (Å²) in [7, 11) is 0. The van der Waals surface area contributed by atoms with Crippen molar-refractivity contribution in [3.63, 3.8) is 0 Å². The summed E-state index contributed by atoms with van der Waals surface area (Å²) in [5.41, 5.74) is 6.73. The molecule has 2 aliphatic rings. The molecule has 0 amide bonds. The van der Waals surface area contributed by atoms with Gasteiger partial charge >= 0.3 is 11.9 Å². The lowest BCUT2D eigenvalue weighted by atomic mass is 9.76. The number of nitrogens with zero attached hydrogens (tertiary/aromatic N) is 2. The van der Waals surface area contributed by atoms with Crippen molar-refractivity contribution < 1.29 is 28.5 Å². The highest BCUT2D eigenvalue weighted by atomic mass is 16.5. The Kier molecular flexibility index (Phi) is 8.64. The molecular weight excluding hydrogens is 665 g/mol. The molecule has 8 nitrogen and oxygen atoms in total. The molecule has 256 valence electrons. The molecule has 6 aromatic rings. The molecule has 0 aromatic heterocycles. The average Bonchev–Trinajstić information content (AvgIpc) is 3.76. The second kappa shape index (κ2) is 13.9. The van der Waals surface area contributed by atoms with Crippen LogP contribution < -0.4 is 18.9 Å². The van der Waals surface area contributed by atoms with Gasteiger partial charge < -0.3 is 18.9 Å². The first kappa shape index (κ1) is 33.0. The Hall–Kier alpha value is -7.16. The molecule has 0 saturated carbocycles. The standard InChI is InChI=1S/C45H30N2O6/c1-47-34-10-20-38(21-11-34)53-44(49)33-8-16-36(17-9-33)51-40-19-5-31-23-25-45(42(31)27-40)24-22-30-4-18-39(26-41(30)45)50-35-14-6-32(7-15-35)43(48)52-37-12-2-29(28-46)3-13-37/h2-21,26-27H,22-25H2. The van der Waals surface area contributed by atoms with Gasteiger partial charge in [-0.1, -0.05) is 24.3 Å². The fraction of sp³-hybridized carbons (Fsp3) is 0.111. The van der Waals surface area contributed by atoms with Gasteiger partial charge in [0.2, 0.25) is 0 Å². The molecule has 0 heterocycles. The molecule has 8 heteroatoms. The second-order valence-electron chi connectivity index (χ2n) is 13.0. The lowest BCUT2D eigenvalue weighted by Gasteiger charge is -2.27. The van der Waals surface area contributed by atoms with Gasteiger partial charge in [-0.05, 0) is 157 Å². The average molecular weight is 695 g/mol. The van der Waals surface area contributed by atoms with Gasteiger partial charge in [0.1, 0.15) is 34.5 Å². The van der Waals surface area contributed by atoms with Crippen molar-refractivity contribution in [1.29, 1.82) is 5.26 Å². The number of hydrogen-bond donors (Lipinski definition) is 0. The zero-order valence-electron chi connectivity index (χ0n) is 28.4. The maximum absolute atomic E-state index is 12.7. The van der Waals surface area contributed by atoms with Crippen LogP contribution in [0.3, 0.4) is 0 Å². The largest absolute Gasteiger partial charge is 0.457 e. The zero-order valence-corrected chi connectivity index (χ0v) is 28.4. The van der Waals surface area contributed by atoms with Crippen molar-refractivity contribution in [2.75, 3.05) is 0 Å². The molecule has 1 atom stereocenters. The van der Waals surface area contributed by atoms with Crippen molar-refractivity contribution in [3.8, 4) is 40.6 Å². The summed E-state index contributed by atoms with van der Waals surface area (Å²) in [4.78, 5) is 28.7. The van der Waals surface area contributed by atoms with Crippen molar-refractivity contribution in [2.24, 2.45) is 0 Å². The third-order valence-electron chi connectivity index (χ3n) is 9.86. The van der Waals surface area contributed by atoms with E-state index in [1.54, 1.807) is 97.1 Å². The number of carbonyl (C=O) groups excluding carboxylic acids is 2. The molecule has 0 bridgehead atoms. The van der Waals surface area contributed by atoms with E-state index in [2.05, 4.69) is 29.1 Å². The van der Waals surface area contributed by atoms with Gasteiger partial charge in [0.25, 0.3) is 0 Å². The van der Waals surface area contributed by atoms with E-state index in [1.165, 1.54) is 22.3 Å². The van der Waals surface area contributed by atoms with Crippen LogP contribution in [0.4, 0.5) is 5.69 Å². The molecule has 2 aliphatic carbocycles. The van der Waals surface area contributed by atoms with Crippen LogP contribution in [0.2, 0.25) is 0 Å². The van der Waals surface area contributed by atoms with E-state index in [4.69, 9.17) is 30.8 Å². The minimum absolute atomic E-state index is 0.150. The van der Waals surface area contributed by atoms with Gasteiger partial charge in [-0.15, -0.1) is 0 Å². The van der Waals surface area contributed by atoms with Crippen LogP contribution in [-0.2, 0) is 18.3 Å². The fourth-order valence-electron chi connectivity index (χ4n) is 7.18. The van der Waals surface area contributed by atoms with Crippen LogP contribution in [0.5, 0.6) is 34.5 Å². The molecule has 8 rings (SSSR count). The van der Waals surface area contributed by atoms with Crippen molar-refractivity contribution in [3.05, 3.63) is 184 Å². The molecule has 1 unspecified atom stereocenters. The maximum Gasteiger partial charge on any atom is 0.343 e. The number of aryl methyl sites for hydroxylation is 2. The Bertz CT molecular complexity index is 2270. The van der Waals surface area contributed by atoms with Gasteiger partial charge in [0, 0.05) is 5.41 Å².